The molecular formula is C15H10FN3O. The van der Waals surface area contributed by atoms with Crippen LogP contribution in [0.2, 0.25) is 0 Å². The maximum atomic E-state index is 12.8. The van der Waals surface area contributed by atoms with Crippen LogP contribution in [0.5, 0.6) is 0 Å². The quantitative estimate of drug-likeness (QED) is 0.847. The Kier molecular flexibility index (Phi) is 3.09. The van der Waals surface area contributed by atoms with Crippen molar-refractivity contribution in [1.82, 2.24) is 10.3 Å². The van der Waals surface area contributed by atoms with E-state index in [9.17, 15) is 9.18 Å². The van der Waals surface area contributed by atoms with E-state index < -0.39 is 0 Å². The molecule has 0 spiro atoms. The van der Waals surface area contributed by atoms with Gasteiger partial charge in [-0.25, -0.2) is 9.38 Å². The summed E-state index contributed by atoms with van der Waals surface area (Å²) in [6, 6.07) is 11.2. The molecule has 0 atom stereocenters. The van der Waals surface area contributed by atoms with Crippen LogP contribution in [-0.4, -0.2) is 16.7 Å². The number of hydrogen-bond acceptors (Lipinski definition) is 3. The first-order chi connectivity index (χ1) is 9.72. The zero-order valence-corrected chi connectivity index (χ0v) is 10.4. The van der Waals surface area contributed by atoms with Crippen LogP contribution in [0, 0.1) is 5.82 Å². The molecule has 1 aromatic carbocycles. The molecule has 20 heavy (non-hydrogen) atoms. The van der Waals surface area contributed by atoms with E-state index in [-0.39, 0.29) is 17.4 Å². The zero-order chi connectivity index (χ0) is 13.9. The monoisotopic (exact) mass is 267 g/mol. The minimum atomic E-state index is -0.319. The molecule has 2 heterocycles. The smallest absolute Gasteiger partial charge is 0.275 e. The highest BCUT2D eigenvalue weighted by molar-refractivity contribution is 6.19. The summed E-state index contributed by atoms with van der Waals surface area (Å²) < 4.78 is 12.8. The van der Waals surface area contributed by atoms with Crippen LogP contribution in [0.3, 0.4) is 0 Å². The highest BCUT2D eigenvalue weighted by atomic mass is 19.1. The van der Waals surface area contributed by atoms with E-state index in [4.69, 9.17) is 0 Å². The lowest BCUT2D eigenvalue weighted by atomic mass is 10.2. The van der Waals surface area contributed by atoms with Crippen LogP contribution in [0.25, 0.3) is 6.08 Å². The van der Waals surface area contributed by atoms with Gasteiger partial charge in [-0.15, -0.1) is 0 Å². The molecule has 2 aromatic rings. The SMILES string of the molecule is O=C1NC(c2ccccn2)=N/C1=C/c1ccc(F)cc1. The number of halogens is 1. The van der Waals surface area contributed by atoms with Gasteiger partial charge < -0.3 is 5.32 Å². The Morgan fingerprint density at radius 2 is 1.90 bits per heavy atom. The predicted octanol–water partition coefficient (Wildman–Crippen LogP) is 2.14. The Bertz CT molecular complexity index is 706. The maximum Gasteiger partial charge on any atom is 0.275 e. The van der Waals surface area contributed by atoms with Crippen molar-refractivity contribution in [2.45, 2.75) is 0 Å². The van der Waals surface area contributed by atoms with Crippen LogP contribution in [0.1, 0.15) is 11.3 Å². The molecule has 1 amide bonds. The molecule has 1 aliphatic rings. The van der Waals surface area contributed by atoms with Gasteiger partial charge in [-0.3, -0.25) is 9.78 Å². The molecule has 0 radical (unpaired) electrons. The minimum Gasteiger partial charge on any atom is -0.303 e. The van der Waals surface area contributed by atoms with Crippen LogP contribution in [-0.2, 0) is 4.79 Å². The molecule has 3 rings (SSSR count). The molecule has 0 bridgehead atoms. The largest absolute Gasteiger partial charge is 0.303 e. The summed E-state index contributed by atoms with van der Waals surface area (Å²) in [4.78, 5) is 20.2. The van der Waals surface area contributed by atoms with Gasteiger partial charge >= 0.3 is 0 Å². The molecule has 4 nitrogen and oxygen atoms in total. The number of amides is 1. The fourth-order valence-corrected chi connectivity index (χ4v) is 1.81. The van der Waals surface area contributed by atoms with Crippen LogP contribution in [0.4, 0.5) is 4.39 Å². The van der Waals surface area contributed by atoms with Gasteiger partial charge in [-0.1, -0.05) is 18.2 Å². The Hall–Kier alpha value is -2.82. The normalized spacial score (nSPS) is 16.1. The molecule has 0 fully saturated rings. The third kappa shape index (κ3) is 2.47. The van der Waals surface area contributed by atoms with E-state index >= 15 is 0 Å². The number of carbonyl (C=O) groups excluding carboxylic acids is 1. The number of pyridine rings is 1. The highest BCUT2D eigenvalue weighted by Gasteiger charge is 2.21. The molecule has 0 unspecified atom stereocenters. The second kappa shape index (κ2) is 5.05. The van der Waals surface area contributed by atoms with Gasteiger partial charge in [0.25, 0.3) is 5.91 Å². The molecule has 0 saturated carbocycles. The molecule has 5 heteroatoms. The molecule has 98 valence electrons. The van der Waals surface area contributed by atoms with Crippen molar-refractivity contribution in [2.24, 2.45) is 4.99 Å². The summed E-state index contributed by atoms with van der Waals surface area (Å²) in [6.45, 7) is 0. The van der Waals surface area contributed by atoms with E-state index in [1.807, 2.05) is 6.07 Å². The first kappa shape index (κ1) is 12.2. The van der Waals surface area contributed by atoms with E-state index in [0.29, 0.717) is 17.1 Å². The number of hydrogen-bond donors (Lipinski definition) is 1. The summed E-state index contributed by atoms with van der Waals surface area (Å²) in [5, 5.41) is 2.66. The number of benzene rings is 1. The third-order valence-electron chi connectivity index (χ3n) is 2.78. The number of aromatic nitrogens is 1. The van der Waals surface area contributed by atoms with Crippen molar-refractivity contribution in [1.29, 1.82) is 0 Å². The van der Waals surface area contributed by atoms with Crippen molar-refractivity contribution in [2.75, 3.05) is 0 Å². The molecular weight excluding hydrogens is 257 g/mol. The van der Waals surface area contributed by atoms with E-state index in [1.54, 1.807) is 36.5 Å². The molecule has 1 aromatic heterocycles. The summed E-state index contributed by atoms with van der Waals surface area (Å²) in [7, 11) is 0. The zero-order valence-electron chi connectivity index (χ0n) is 10.4. The lowest BCUT2D eigenvalue weighted by Gasteiger charge is -1.97. The standard InChI is InChI=1S/C15H10FN3O/c16-11-6-4-10(5-7-11)9-13-15(20)19-14(18-13)12-3-1-2-8-17-12/h1-9H,(H,18,19,20)/b13-9+. The highest BCUT2D eigenvalue weighted by Crippen LogP contribution is 2.14. The van der Waals surface area contributed by atoms with Gasteiger partial charge in [-0.05, 0) is 35.9 Å². The first-order valence-corrected chi connectivity index (χ1v) is 6.01. The van der Waals surface area contributed by atoms with Crippen LogP contribution < -0.4 is 5.32 Å². The Morgan fingerprint density at radius 1 is 1.10 bits per heavy atom. The second-order valence-corrected chi connectivity index (χ2v) is 4.21. The fourth-order valence-electron chi connectivity index (χ4n) is 1.81. The summed E-state index contributed by atoms with van der Waals surface area (Å²) in [6.07, 6.45) is 3.23. The third-order valence-corrected chi connectivity index (χ3v) is 2.78. The number of nitrogens with zero attached hydrogens (tertiary/aromatic N) is 2. The Balaban J connectivity index is 1.92. The van der Waals surface area contributed by atoms with Crippen molar-refractivity contribution >= 4 is 17.8 Å². The number of nitrogens with one attached hydrogen (secondary N) is 1. The predicted molar refractivity (Wildman–Crippen MR) is 73.3 cm³/mol. The summed E-state index contributed by atoms with van der Waals surface area (Å²) >= 11 is 0. The fraction of sp³-hybridized carbons (Fsp3) is 0. The average molecular weight is 267 g/mol. The number of rotatable bonds is 2. The molecule has 1 aliphatic heterocycles. The second-order valence-electron chi connectivity index (χ2n) is 4.21. The lowest BCUT2D eigenvalue weighted by Crippen LogP contribution is -2.25. The van der Waals surface area contributed by atoms with Gasteiger partial charge in [-0.2, -0.15) is 0 Å². The van der Waals surface area contributed by atoms with Gasteiger partial charge in [0.2, 0.25) is 0 Å². The van der Waals surface area contributed by atoms with Crippen LogP contribution in [0.15, 0.2) is 59.4 Å². The van der Waals surface area contributed by atoms with Gasteiger partial charge in [0.15, 0.2) is 5.84 Å². The summed E-state index contributed by atoms with van der Waals surface area (Å²) in [5.41, 5.74) is 1.59. The van der Waals surface area contributed by atoms with Gasteiger partial charge in [0.05, 0.1) is 0 Å². The topological polar surface area (TPSA) is 54.4 Å². The molecule has 0 saturated heterocycles. The van der Waals surface area contributed by atoms with Crippen molar-refractivity contribution in [3.63, 3.8) is 0 Å². The minimum absolute atomic E-state index is 0.275. The van der Waals surface area contributed by atoms with E-state index in [1.165, 1.54) is 12.1 Å². The van der Waals surface area contributed by atoms with Crippen LogP contribution >= 0.6 is 0 Å². The number of carbonyl (C=O) groups is 1. The van der Waals surface area contributed by atoms with Crippen molar-refractivity contribution in [3.8, 4) is 0 Å². The molecule has 1 N–H and O–H groups in total. The van der Waals surface area contributed by atoms with Gasteiger partial charge in [0.1, 0.15) is 17.2 Å². The first-order valence-electron chi connectivity index (χ1n) is 6.01. The van der Waals surface area contributed by atoms with Crippen molar-refractivity contribution < 1.29 is 9.18 Å². The van der Waals surface area contributed by atoms with E-state index in [0.717, 1.165) is 0 Å². The Labute approximate surface area is 114 Å². The maximum absolute atomic E-state index is 12.8. The lowest BCUT2D eigenvalue weighted by molar-refractivity contribution is -0.115. The van der Waals surface area contributed by atoms with E-state index in [2.05, 4.69) is 15.3 Å². The Morgan fingerprint density at radius 3 is 2.60 bits per heavy atom. The average Bonchev–Trinajstić information content (AvgIpc) is 2.84. The van der Waals surface area contributed by atoms with Crippen molar-refractivity contribution in [3.05, 3.63) is 71.4 Å². The summed E-state index contributed by atoms with van der Waals surface area (Å²) in [5.74, 6) is -0.195. The molecule has 0 aliphatic carbocycles. The number of aliphatic imine (C=N–C) groups is 1. The number of amidine groups is 1. The van der Waals surface area contributed by atoms with Gasteiger partial charge in [0, 0.05) is 6.20 Å².